The van der Waals surface area contributed by atoms with E-state index in [1.54, 1.807) is 18.2 Å². The maximum absolute atomic E-state index is 13.4. The topological polar surface area (TPSA) is 29.1 Å². The van der Waals surface area contributed by atoms with Gasteiger partial charge in [-0.2, -0.15) is 0 Å². The van der Waals surface area contributed by atoms with Crippen molar-refractivity contribution in [1.82, 2.24) is 5.32 Å². The van der Waals surface area contributed by atoms with Gasteiger partial charge in [0.2, 0.25) is 0 Å². The van der Waals surface area contributed by atoms with E-state index in [4.69, 9.17) is 0 Å². The first-order chi connectivity index (χ1) is 9.45. The lowest BCUT2D eigenvalue weighted by Crippen LogP contribution is -2.23. The maximum atomic E-state index is 13.4. The van der Waals surface area contributed by atoms with Crippen molar-refractivity contribution in [3.63, 3.8) is 0 Å². The Balaban J connectivity index is 2.08. The number of amides is 1. The zero-order valence-electron chi connectivity index (χ0n) is 10.1. The van der Waals surface area contributed by atoms with E-state index in [0.717, 1.165) is 21.1 Å². The summed E-state index contributed by atoms with van der Waals surface area (Å²) in [5.41, 5.74) is 0.669. The van der Waals surface area contributed by atoms with Crippen LogP contribution < -0.4 is 5.32 Å². The molecule has 1 N–H and O–H groups in total. The summed E-state index contributed by atoms with van der Waals surface area (Å²) in [5.74, 6) is -1.66. The second-order valence-corrected chi connectivity index (χ2v) is 5.91. The fourth-order valence-electron chi connectivity index (χ4n) is 1.63. The molecule has 2 rings (SSSR count). The molecule has 0 radical (unpaired) electrons. The molecule has 0 aliphatic rings. The summed E-state index contributed by atoms with van der Waals surface area (Å²) < 4.78 is 27.7. The molecule has 0 aliphatic carbocycles. The molecule has 1 amide bonds. The molecule has 0 aliphatic heterocycles. The molecular weight excluding hydrogens is 396 g/mol. The van der Waals surface area contributed by atoms with Crippen LogP contribution in [0.25, 0.3) is 0 Å². The summed E-state index contributed by atoms with van der Waals surface area (Å²) in [4.78, 5) is 12.0. The van der Waals surface area contributed by atoms with Gasteiger partial charge in [-0.3, -0.25) is 4.79 Å². The smallest absolute Gasteiger partial charge is 0.251 e. The summed E-state index contributed by atoms with van der Waals surface area (Å²) in [6, 6.07) is 8.36. The van der Waals surface area contributed by atoms with Crippen LogP contribution in [0.1, 0.15) is 15.9 Å². The van der Waals surface area contributed by atoms with Crippen molar-refractivity contribution in [3.8, 4) is 0 Å². The number of hydrogen-bond donors (Lipinski definition) is 1. The average molecular weight is 405 g/mol. The van der Waals surface area contributed by atoms with Crippen LogP contribution in [0.3, 0.4) is 0 Å². The minimum atomic E-state index is -0.680. The number of halogens is 4. The molecule has 104 valence electrons. The molecule has 0 heterocycles. The Morgan fingerprint density at radius 1 is 1.05 bits per heavy atom. The molecule has 2 aromatic carbocycles. The van der Waals surface area contributed by atoms with Crippen molar-refractivity contribution in [2.24, 2.45) is 0 Å². The van der Waals surface area contributed by atoms with Crippen molar-refractivity contribution in [1.29, 1.82) is 0 Å². The lowest BCUT2D eigenvalue weighted by atomic mass is 10.2. The van der Waals surface area contributed by atoms with Crippen molar-refractivity contribution in [2.45, 2.75) is 6.54 Å². The van der Waals surface area contributed by atoms with Crippen molar-refractivity contribution < 1.29 is 13.6 Å². The lowest BCUT2D eigenvalue weighted by molar-refractivity contribution is 0.0950. The predicted octanol–water partition coefficient (Wildman–Crippen LogP) is 4.42. The van der Waals surface area contributed by atoms with Gasteiger partial charge in [-0.15, -0.1) is 0 Å². The largest absolute Gasteiger partial charge is 0.348 e. The first-order valence-electron chi connectivity index (χ1n) is 5.64. The summed E-state index contributed by atoms with van der Waals surface area (Å²) >= 11 is 6.57. The molecule has 20 heavy (non-hydrogen) atoms. The Morgan fingerprint density at radius 2 is 1.70 bits per heavy atom. The minimum Gasteiger partial charge on any atom is -0.348 e. The van der Waals surface area contributed by atoms with Crippen LogP contribution >= 0.6 is 31.9 Å². The predicted molar refractivity (Wildman–Crippen MR) is 79.4 cm³/mol. The molecule has 6 heteroatoms. The highest BCUT2D eigenvalue weighted by atomic mass is 79.9. The standard InChI is InChI=1S/C14H9Br2F2NO/c15-10-3-9(4-11(16)5-10)14(20)19-7-8-1-2-12(17)6-13(8)18/h1-6H,7H2,(H,19,20). The van der Waals surface area contributed by atoms with E-state index in [1.165, 1.54) is 6.07 Å². The van der Waals surface area contributed by atoms with Crippen LogP contribution in [-0.2, 0) is 6.54 Å². The Kier molecular flexibility index (Phi) is 4.88. The van der Waals surface area contributed by atoms with E-state index in [0.29, 0.717) is 5.56 Å². The van der Waals surface area contributed by atoms with E-state index in [9.17, 15) is 13.6 Å². The number of benzene rings is 2. The van der Waals surface area contributed by atoms with Crippen LogP contribution in [0.5, 0.6) is 0 Å². The lowest BCUT2D eigenvalue weighted by Gasteiger charge is -2.07. The first-order valence-corrected chi connectivity index (χ1v) is 7.22. The molecule has 0 fully saturated rings. The highest BCUT2D eigenvalue weighted by Crippen LogP contribution is 2.20. The Hall–Kier alpha value is -1.27. The third-order valence-corrected chi connectivity index (χ3v) is 3.49. The van der Waals surface area contributed by atoms with Gasteiger partial charge in [-0.25, -0.2) is 8.78 Å². The fraction of sp³-hybridized carbons (Fsp3) is 0.0714. The second-order valence-electron chi connectivity index (χ2n) is 4.08. The molecule has 0 spiro atoms. The zero-order chi connectivity index (χ0) is 14.7. The highest BCUT2D eigenvalue weighted by molar-refractivity contribution is 9.11. The zero-order valence-corrected chi connectivity index (χ0v) is 13.3. The van der Waals surface area contributed by atoms with Gasteiger partial charge >= 0.3 is 0 Å². The number of carbonyl (C=O) groups is 1. The minimum absolute atomic E-state index is 0.00488. The molecular formula is C14H9Br2F2NO. The normalized spacial score (nSPS) is 10.4. The maximum Gasteiger partial charge on any atom is 0.251 e. The number of rotatable bonds is 3. The van der Waals surface area contributed by atoms with E-state index in [1.807, 2.05) is 0 Å². The van der Waals surface area contributed by atoms with Gasteiger partial charge in [0.15, 0.2) is 0 Å². The Bertz CT molecular complexity index is 641. The van der Waals surface area contributed by atoms with Gasteiger partial charge in [0, 0.05) is 32.7 Å². The van der Waals surface area contributed by atoms with Gasteiger partial charge in [0.05, 0.1) is 0 Å². The molecule has 2 aromatic rings. The number of carbonyl (C=O) groups excluding carboxylic acids is 1. The van der Waals surface area contributed by atoms with Gasteiger partial charge in [0.1, 0.15) is 11.6 Å². The summed E-state index contributed by atoms with van der Waals surface area (Å²) in [6.45, 7) is -0.00488. The van der Waals surface area contributed by atoms with Crippen molar-refractivity contribution >= 4 is 37.8 Å². The van der Waals surface area contributed by atoms with Gasteiger partial charge in [-0.05, 0) is 24.3 Å². The van der Waals surface area contributed by atoms with Crippen molar-refractivity contribution in [2.75, 3.05) is 0 Å². The van der Waals surface area contributed by atoms with Crippen LogP contribution in [0.15, 0.2) is 45.3 Å². The van der Waals surface area contributed by atoms with Gasteiger partial charge in [-0.1, -0.05) is 37.9 Å². The van der Waals surface area contributed by atoms with E-state index >= 15 is 0 Å². The van der Waals surface area contributed by atoms with E-state index < -0.39 is 11.6 Å². The number of nitrogens with one attached hydrogen (secondary N) is 1. The van der Waals surface area contributed by atoms with Gasteiger partial charge in [0.25, 0.3) is 5.91 Å². The third kappa shape index (κ3) is 3.86. The summed E-state index contributed by atoms with van der Waals surface area (Å²) in [7, 11) is 0. The monoisotopic (exact) mass is 403 g/mol. The molecule has 0 unspecified atom stereocenters. The van der Waals surface area contributed by atoms with E-state index in [2.05, 4.69) is 37.2 Å². The van der Waals surface area contributed by atoms with Crippen LogP contribution in [0, 0.1) is 11.6 Å². The molecule has 0 bridgehead atoms. The Morgan fingerprint density at radius 3 is 2.30 bits per heavy atom. The van der Waals surface area contributed by atoms with Crippen LogP contribution in [0.2, 0.25) is 0 Å². The second kappa shape index (κ2) is 6.45. The highest BCUT2D eigenvalue weighted by Gasteiger charge is 2.09. The molecule has 0 saturated heterocycles. The molecule has 0 saturated carbocycles. The summed E-state index contributed by atoms with van der Waals surface area (Å²) in [6.07, 6.45) is 0. The average Bonchev–Trinajstić information content (AvgIpc) is 2.36. The van der Waals surface area contributed by atoms with Gasteiger partial charge < -0.3 is 5.32 Å². The SMILES string of the molecule is O=C(NCc1ccc(F)cc1F)c1cc(Br)cc(Br)c1. The van der Waals surface area contributed by atoms with Crippen molar-refractivity contribution in [3.05, 3.63) is 68.1 Å². The van der Waals surface area contributed by atoms with Crippen LogP contribution in [-0.4, -0.2) is 5.91 Å². The number of hydrogen-bond acceptors (Lipinski definition) is 1. The first kappa shape index (κ1) is 15.1. The third-order valence-electron chi connectivity index (χ3n) is 2.58. The quantitative estimate of drug-likeness (QED) is 0.805. The molecule has 0 aromatic heterocycles. The fourth-order valence-corrected chi connectivity index (χ4v) is 2.92. The summed E-state index contributed by atoms with van der Waals surface area (Å²) in [5, 5.41) is 2.59. The molecule has 2 nitrogen and oxygen atoms in total. The Labute approximate surface area is 131 Å². The van der Waals surface area contributed by atoms with E-state index in [-0.39, 0.29) is 18.0 Å². The van der Waals surface area contributed by atoms with Crippen LogP contribution in [0.4, 0.5) is 8.78 Å². The molecule has 0 atom stereocenters.